The Morgan fingerprint density at radius 2 is 2.33 bits per heavy atom. The molecule has 1 saturated heterocycles. The van der Waals surface area contributed by atoms with Gasteiger partial charge in [-0.1, -0.05) is 5.16 Å². The van der Waals surface area contributed by atoms with Crippen molar-refractivity contribution in [1.82, 2.24) is 30.6 Å². The van der Waals surface area contributed by atoms with Crippen molar-refractivity contribution in [2.75, 3.05) is 13.1 Å². The lowest BCUT2D eigenvalue weighted by atomic mass is 9.96. The van der Waals surface area contributed by atoms with Gasteiger partial charge in [-0.3, -0.25) is 9.48 Å². The van der Waals surface area contributed by atoms with Gasteiger partial charge in [-0.25, -0.2) is 0 Å². The lowest BCUT2D eigenvalue weighted by Gasteiger charge is -2.23. The summed E-state index contributed by atoms with van der Waals surface area (Å²) in [6, 6.07) is 5.46. The zero-order chi connectivity index (χ0) is 17.8. The van der Waals surface area contributed by atoms with Crippen molar-refractivity contribution in [3.63, 3.8) is 0 Å². The van der Waals surface area contributed by atoms with Crippen LogP contribution in [-0.4, -0.2) is 38.9 Å². The SMILES string of the molecule is Cl.O=C(Cn1nccc1C1CCCNC1)NCc1noc(-c2ccco2)n1. The summed E-state index contributed by atoms with van der Waals surface area (Å²) in [4.78, 5) is 16.5. The molecule has 4 rings (SSSR count). The average Bonchev–Trinajstić information content (AvgIpc) is 3.41. The summed E-state index contributed by atoms with van der Waals surface area (Å²) in [5.74, 6) is 1.42. The molecule has 0 saturated carbocycles. The van der Waals surface area contributed by atoms with Crippen LogP contribution in [0.3, 0.4) is 0 Å². The van der Waals surface area contributed by atoms with Crippen LogP contribution in [0.4, 0.5) is 0 Å². The fourth-order valence-electron chi connectivity index (χ4n) is 3.12. The lowest BCUT2D eigenvalue weighted by molar-refractivity contribution is -0.122. The summed E-state index contributed by atoms with van der Waals surface area (Å²) < 4.78 is 12.1. The van der Waals surface area contributed by atoms with Crippen molar-refractivity contribution in [3.8, 4) is 11.7 Å². The number of nitrogens with zero attached hydrogens (tertiary/aromatic N) is 4. The largest absolute Gasteiger partial charge is 0.459 e. The average molecular weight is 393 g/mol. The second kappa shape index (κ2) is 8.83. The molecule has 0 aromatic carbocycles. The van der Waals surface area contributed by atoms with Gasteiger partial charge < -0.3 is 19.6 Å². The number of hydrogen-bond acceptors (Lipinski definition) is 7. The number of furan rings is 1. The van der Waals surface area contributed by atoms with Crippen LogP contribution in [0.1, 0.15) is 30.3 Å². The molecule has 3 aromatic heterocycles. The first-order chi connectivity index (χ1) is 12.8. The number of halogens is 1. The molecule has 3 aromatic rings. The molecule has 1 aliphatic rings. The maximum Gasteiger partial charge on any atom is 0.293 e. The maximum atomic E-state index is 12.3. The smallest absolute Gasteiger partial charge is 0.293 e. The minimum absolute atomic E-state index is 0. The number of hydrogen-bond donors (Lipinski definition) is 2. The zero-order valence-corrected chi connectivity index (χ0v) is 15.4. The summed E-state index contributed by atoms with van der Waals surface area (Å²) in [5, 5.41) is 14.3. The Bertz CT molecular complexity index is 854. The monoisotopic (exact) mass is 392 g/mol. The fourth-order valence-corrected chi connectivity index (χ4v) is 3.12. The molecule has 9 nitrogen and oxygen atoms in total. The molecule has 27 heavy (non-hydrogen) atoms. The predicted molar refractivity (Wildman–Crippen MR) is 98.2 cm³/mol. The molecule has 1 amide bonds. The third-order valence-electron chi connectivity index (χ3n) is 4.40. The first-order valence-corrected chi connectivity index (χ1v) is 8.65. The van der Waals surface area contributed by atoms with Crippen molar-refractivity contribution in [2.24, 2.45) is 0 Å². The van der Waals surface area contributed by atoms with Crippen LogP contribution in [0.2, 0.25) is 0 Å². The molecule has 0 bridgehead atoms. The van der Waals surface area contributed by atoms with Crippen LogP contribution in [-0.2, 0) is 17.9 Å². The van der Waals surface area contributed by atoms with Gasteiger partial charge in [0.15, 0.2) is 11.6 Å². The van der Waals surface area contributed by atoms with Crippen molar-refractivity contribution < 1.29 is 13.7 Å². The zero-order valence-electron chi connectivity index (χ0n) is 14.6. The number of carbonyl (C=O) groups is 1. The number of aromatic nitrogens is 4. The molecule has 0 aliphatic carbocycles. The Balaban J connectivity index is 0.00000210. The molecule has 1 atom stereocenters. The quantitative estimate of drug-likeness (QED) is 0.657. The van der Waals surface area contributed by atoms with Gasteiger partial charge in [-0.05, 0) is 37.6 Å². The van der Waals surface area contributed by atoms with Gasteiger partial charge >= 0.3 is 0 Å². The highest BCUT2D eigenvalue weighted by molar-refractivity contribution is 5.85. The number of amides is 1. The molecule has 10 heteroatoms. The first-order valence-electron chi connectivity index (χ1n) is 8.65. The Morgan fingerprint density at radius 3 is 3.11 bits per heavy atom. The third-order valence-corrected chi connectivity index (χ3v) is 4.40. The van der Waals surface area contributed by atoms with Crippen LogP contribution < -0.4 is 10.6 Å². The summed E-state index contributed by atoms with van der Waals surface area (Å²) >= 11 is 0. The summed E-state index contributed by atoms with van der Waals surface area (Å²) in [6.45, 7) is 2.33. The lowest BCUT2D eigenvalue weighted by Crippen LogP contribution is -2.32. The van der Waals surface area contributed by atoms with E-state index in [1.807, 2.05) is 6.07 Å². The Labute approximate surface area is 161 Å². The second-order valence-corrected chi connectivity index (χ2v) is 6.23. The van der Waals surface area contributed by atoms with E-state index in [-0.39, 0.29) is 31.4 Å². The number of carbonyl (C=O) groups excluding carboxylic acids is 1. The van der Waals surface area contributed by atoms with E-state index in [9.17, 15) is 4.79 Å². The van der Waals surface area contributed by atoms with Gasteiger partial charge in [0.1, 0.15) is 6.54 Å². The van der Waals surface area contributed by atoms with Crippen molar-refractivity contribution in [1.29, 1.82) is 0 Å². The normalized spacial score (nSPS) is 16.7. The molecule has 0 spiro atoms. The molecule has 1 fully saturated rings. The van der Waals surface area contributed by atoms with Gasteiger partial charge in [0.2, 0.25) is 5.91 Å². The summed E-state index contributed by atoms with van der Waals surface area (Å²) in [7, 11) is 0. The first kappa shape index (κ1) is 19.1. The maximum absolute atomic E-state index is 12.3. The number of rotatable bonds is 6. The molecule has 1 unspecified atom stereocenters. The molecular weight excluding hydrogens is 372 g/mol. The van der Waals surface area contributed by atoms with Gasteiger partial charge in [0.05, 0.1) is 12.8 Å². The van der Waals surface area contributed by atoms with Gasteiger partial charge in [-0.2, -0.15) is 10.1 Å². The highest BCUT2D eigenvalue weighted by Crippen LogP contribution is 2.22. The third kappa shape index (κ3) is 4.55. The number of piperidine rings is 1. The van der Waals surface area contributed by atoms with Gasteiger partial charge in [-0.15, -0.1) is 12.4 Å². The van der Waals surface area contributed by atoms with E-state index >= 15 is 0 Å². The highest BCUT2D eigenvalue weighted by atomic mass is 35.5. The molecule has 4 heterocycles. The van der Waals surface area contributed by atoms with Crippen LogP contribution in [0.5, 0.6) is 0 Å². The standard InChI is InChI=1S/C17H20N6O3.ClH/c24-16(11-23-13(5-7-20-23)12-3-1-6-18-9-12)19-10-15-21-17(26-22-15)14-4-2-8-25-14;/h2,4-5,7-8,12,18H,1,3,6,9-11H2,(H,19,24);1H. The van der Waals surface area contributed by atoms with E-state index < -0.39 is 0 Å². The minimum atomic E-state index is -0.150. The van der Waals surface area contributed by atoms with Crippen LogP contribution in [0, 0.1) is 0 Å². The van der Waals surface area contributed by atoms with Gasteiger partial charge in [0, 0.05) is 24.4 Å². The van der Waals surface area contributed by atoms with Crippen LogP contribution in [0.25, 0.3) is 11.7 Å². The van der Waals surface area contributed by atoms with E-state index in [2.05, 4.69) is 25.9 Å². The fraction of sp³-hybridized carbons (Fsp3) is 0.412. The second-order valence-electron chi connectivity index (χ2n) is 6.23. The summed E-state index contributed by atoms with van der Waals surface area (Å²) in [6.07, 6.45) is 5.52. The van der Waals surface area contributed by atoms with E-state index in [4.69, 9.17) is 8.94 Å². The molecule has 2 N–H and O–H groups in total. The molecule has 1 aliphatic heterocycles. The number of nitrogens with one attached hydrogen (secondary N) is 2. The predicted octanol–water partition coefficient (Wildman–Crippen LogP) is 1.73. The van der Waals surface area contributed by atoms with Crippen molar-refractivity contribution in [3.05, 3.63) is 42.2 Å². The van der Waals surface area contributed by atoms with E-state index in [0.717, 1.165) is 31.6 Å². The summed E-state index contributed by atoms with van der Waals surface area (Å²) in [5.41, 5.74) is 1.09. The van der Waals surface area contributed by atoms with Gasteiger partial charge in [0.25, 0.3) is 5.89 Å². The Morgan fingerprint density at radius 1 is 1.41 bits per heavy atom. The van der Waals surface area contributed by atoms with Crippen molar-refractivity contribution in [2.45, 2.75) is 31.8 Å². The topological polar surface area (TPSA) is 111 Å². The minimum Gasteiger partial charge on any atom is -0.459 e. The van der Waals surface area contributed by atoms with Crippen LogP contribution >= 0.6 is 12.4 Å². The molecule has 0 radical (unpaired) electrons. The van der Waals surface area contributed by atoms with E-state index in [1.165, 1.54) is 6.26 Å². The van der Waals surface area contributed by atoms with E-state index in [1.54, 1.807) is 23.0 Å². The molecular formula is C17H21ClN6O3. The van der Waals surface area contributed by atoms with Crippen molar-refractivity contribution >= 4 is 18.3 Å². The van der Waals surface area contributed by atoms with E-state index in [0.29, 0.717) is 23.4 Å². The Hall–Kier alpha value is -2.65. The van der Waals surface area contributed by atoms with Crippen LogP contribution in [0.15, 0.2) is 39.6 Å². The Kier molecular flexibility index (Phi) is 6.25. The molecule has 144 valence electrons. The highest BCUT2D eigenvalue weighted by Gasteiger charge is 2.20.